The van der Waals surface area contributed by atoms with E-state index in [9.17, 15) is 9.59 Å². The van der Waals surface area contributed by atoms with Crippen LogP contribution in [-0.4, -0.2) is 59.5 Å². The number of nitrogens with zero attached hydrogens (tertiary/aromatic N) is 2. The highest BCUT2D eigenvalue weighted by Crippen LogP contribution is 2.31. The molecule has 2 heterocycles. The second-order valence-electron chi connectivity index (χ2n) is 8.04. The summed E-state index contributed by atoms with van der Waals surface area (Å²) in [4.78, 5) is 27.4. The molecule has 0 aromatic rings. The van der Waals surface area contributed by atoms with Crippen molar-refractivity contribution in [1.82, 2.24) is 9.80 Å². The molecule has 3 unspecified atom stereocenters. The van der Waals surface area contributed by atoms with E-state index in [4.69, 9.17) is 4.74 Å². The summed E-state index contributed by atoms with van der Waals surface area (Å²) in [7, 11) is 0. The van der Waals surface area contributed by atoms with Gasteiger partial charge in [-0.15, -0.1) is 0 Å². The van der Waals surface area contributed by atoms with Crippen LogP contribution in [0.4, 0.5) is 4.79 Å². The molecule has 5 nitrogen and oxygen atoms in total. The van der Waals surface area contributed by atoms with Crippen molar-refractivity contribution in [1.29, 1.82) is 0 Å². The lowest BCUT2D eigenvalue weighted by Gasteiger charge is -2.43. The van der Waals surface area contributed by atoms with Crippen molar-refractivity contribution in [2.24, 2.45) is 5.92 Å². The Labute approximate surface area is 140 Å². The molecule has 2 aliphatic rings. The molecule has 0 aromatic heterocycles. The van der Waals surface area contributed by atoms with Crippen LogP contribution < -0.4 is 0 Å². The van der Waals surface area contributed by atoms with Gasteiger partial charge in [0.1, 0.15) is 11.9 Å². The smallest absolute Gasteiger partial charge is 0.410 e. The first-order chi connectivity index (χ1) is 10.8. The van der Waals surface area contributed by atoms with Gasteiger partial charge in [-0.1, -0.05) is 6.92 Å². The third-order valence-corrected chi connectivity index (χ3v) is 4.98. The second kappa shape index (κ2) is 7.65. The molecule has 0 spiro atoms. The van der Waals surface area contributed by atoms with Gasteiger partial charge in [0, 0.05) is 31.6 Å². The van der Waals surface area contributed by atoms with Crippen molar-refractivity contribution in [3.8, 4) is 0 Å². The van der Waals surface area contributed by atoms with E-state index in [0.29, 0.717) is 24.4 Å². The molecule has 132 valence electrons. The molecule has 0 aliphatic carbocycles. The Morgan fingerprint density at radius 1 is 1.26 bits per heavy atom. The summed E-state index contributed by atoms with van der Waals surface area (Å²) in [5.41, 5.74) is -0.438. The number of ether oxygens (including phenoxy) is 1. The average Bonchev–Trinajstić information content (AvgIpc) is 2.91. The van der Waals surface area contributed by atoms with Crippen LogP contribution >= 0.6 is 0 Å². The van der Waals surface area contributed by atoms with E-state index in [1.165, 1.54) is 12.8 Å². The molecule has 0 aromatic carbocycles. The first-order valence-electron chi connectivity index (χ1n) is 8.99. The van der Waals surface area contributed by atoms with Crippen molar-refractivity contribution in [2.75, 3.05) is 19.6 Å². The summed E-state index contributed by atoms with van der Waals surface area (Å²) in [6.07, 6.45) is 5.90. The van der Waals surface area contributed by atoms with Crippen LogP contribution in [-0.2, 0) is 9.53 Å². The number of hydrogen-bond acceptors (Lipinski definition) is 4. The van der Waals surface area contributed by atoms with Gasteiger partial charge in [0.05, 0.1) is 0 Å². The molecule has 0 bridgehead atoms. The molecule has 0 saturated carbocycles. The molecular formula is C18H32N2O3. The lowest BCUT2D eigenvalue weighted by molar-refractivity contribution is -0.108. The maximum absolute atomic E-state index is 12.2. The Bertz CT molecular complexity index is 419. The van der Waals surface area contributed by atoms with Crippen LogP contribution in [0.15, 0.2) is 0 Å². The highest BCUT2D eigenvalue weighted by molar-refractivity contribution is 5.68. The van der Waals surface area contributed by atoms with Gasteiger partial charge in [-0.2, -0.15) is 0 Å². The Balaban J connectivity index is 1.90. The molecule has 0 radical (unpaired) electrons. The molecule has 3 atom stereocenters. The van der Waals surface area contributed by atoms with Crippen molar-refractivity contribution in [2.45, 2.75) is 77.5 Å². The van der Waals surface area contributed by atoms with Gasteiger partial charge in [-0.05, 0) is 58.9 Å². The summed E-state index contributed by atoms with van der Waals surface area (Å²) in [5.74, 6) is 0.438. The normalized spacial score (nSPS) is 29.6. The molecule has 2 aliphatic heterocycles. The van der Waals surface area contributed by atoms with Crippen LogP contribution in [0.5, 0.6) is 0 Å². The summed E-state index contributed by atoms with van der Waals surface area (Å²) < 4.78 is 5.50. The molecular weight excluding hydrogens is 292 g/mol. The number of rotatable bonds is 4. The van der Waals surface area contributed by atoms with Gasteiger partial charge in [0.15, 0.2) is 0 Å². The van der Waals surface area contributed by atoms with E-state index in [1.807, 2.05) is 25.7 Å². The fourth-order valence-electron chi connectivity index (χ4n) is 3.98. The van der Waals surface area contributed by atoms with Gasteiger partial charge < -0.3 is 14.4 Å². The maximum atomic E-state index is 12.2. The standard InChI is InChI=1S/C18H32N2O3/c1-14-13-19(17(22)23-18(2,3)4)11-9-16(14)20-10-5-7-15(20)8-6-12-21/h12,14-16H,5-11,13H2,1-4H3. The minimum atomic E-state index is -0.438. The quantitative estimate of drug-likeness (QED) is 0.746. The first kappa shape index (κ1) is 18.2. The Hall–Kier alpha value is -1.10. The maximum Gasteiger partial charge on any atom is 0.410 e. The third kappa shape index (κ3) is 4.93. The van der Waals surface area contributed by atoms with Crippen molar-refractivity contribution in [3.05, 3.63) is 0 Å². The first-order valence-corrected chi connectivity index (χ1v) is 8.99. The van der Waals surface area contributed by atoms with Gasteiger partial charge >= 0.3 is 6.09 Å². The number of aldehydes is 1. The largest absolute Gasteiger partial charge is 0.444 e. The van der Waals surface area contributed by atoms with Crippen LogP contribution in [0.1, 0.15) is 59.8 Å². The van der Waals surface area contributed by atoms with Crippen LogP contribution in [0, 0.1) is 5.92 Å². The minimum absolute atomic E-state index is 0.193. The third-order valence-electron chi connectivity index (χ3n) is 4.98. The number of piperidine rings is 1. The highest BCUT2D eigenvalue weighted by Gasteiger charge is 2.38. The minimum Gasteiger partial charge on any atom is -0.444 e. The van der Waals surface area contributed by atoms with E-state index in [0.717, 1.165) is 38.8 Å². The summed E-state index contributed by atoms with van der Waals surface area (Å²) in [6.45, 7) is 10.6. The van der Waals surface area contributed by atoms with E-state index < -0.39 is 5.60 Å². The summed E-state index contributed by atoms with van der Waals surface area (Å²) >= 11 is 0. The Kier molecular flexibility index (Phi) is 6.06. The topological polar surface area (TPSA) is 49.9 Å². The highest BCUT2D eigenvalue weighted by atomic mass is 16.6. The number of carbonyl (C=O) groups is 2. The van der Waals surface area contributed by atoms with E-state index >= 15 is 0 Å². The fraction of sp³-hybridized carbons (Fsp3) is 0.889. The monoisotopic (exact) mass is 324 g/mol. The van der Waals surface area contributed by atoms with E-state index in [1.54, 1.807) is 0 Å². The summed E-state index contributed by atoms with van der Waals surface area (Å²) in [5, 5.41) is 0. The second-order valence-corrected chi connectivity index (χ2v) is 8.04. The number of likely N-dealkylation sites (tertiary alicyclic amines) is 2. The molecule has 23 heavy (non-hydrogen) atoms. The van der Waals surface area contributed by atoms with Crippen LogP contribution in [0.25, 0.3) is 0 Å². The van der Waals surface area contributed by atoms with E-state index in [-0.39, 0.29) is 6.09 Å². The van der Waals surface area contributed by atoms with Gasteiger partial charge in [-0.25, -0.2) is 4.79 Å². The van der Waals surface area contributed by atoms with Crippen LogP contribution in [0.2, 0.25) is 0 Å². The molecule has 2 fully saturated rings. The molecule has 2 rings (SSSR count). The zero-order valence-corrected chi connectivity index (χ0v) is 15.1. The van der Waals surface area contributed by atoms with Gasteiger partial charge in [-0.3, -0.25) is 4.90 Å². The number of carbonyl (C=O) groups excluding carboxylic acids is 2. The molecule has 5 heteroatoms. The Morgan fingerprint density at radius 3 is 2.61 bits per heavy atom. The molecule has 1 amide bonds. The van der Waals surface area contributed by atoms with Crippen molar-refractivity contribution >= 4 is 12.4 Å². The lowest BCUT2D eigenvalue weighted by atomic mass is 9.91. The van der Waals surface area contributed by atoms with Crippen LogP contribution in [0.3, 0.4) is 0 Å². The number of hydrogen-bond donors (Lipinski definition) is 0. The number of amides is 1. The zero-order valence-electron chi connectivity index (χ0n) is 15.1. The van der Waals surface area contributed by atoms with Crippen molar-refractivity contribution in [3.63, 3.8) is 0 Å². The lowest BCUT2D eigenvalue weighted by Crippen LogP contribution is -2.53. The predicted octanol–water partition coefficient (Wildman–Crippen LogP) is 3.08. The van der Waals surface area contributed by atoms with Crippen molar-refractivity contribution < 1.29 is 14.3 Å². The Morgan fingerprint density at radius 2 is 2.00 bits per heavy atom. The molecule has 2 saturated heterocycles. The van der Waals surface area contributed by atoms with Gasteiger partial charge in [0.2, 0.25) is 0 Å². The zero-order chi connectivity index (χ0) is 17.0. The summed E-state index contributed by atoms with van der Waals surface area (Å²) in [6, 6.07) is 1.06. The fourth-order valence-corrected chi connectivity index (χ4v) is 3.98. The van der Waals surface area contributed by atoms with Gasteiger partial charge in [0.25, 0.3) is 0 Å². The SMILES string of the molecule is CC1CN(C(=O)OC(C)(C)C)CCC1N1CCCC1CCC=O. The predicted molar refractivity (Wildman–Crippen MR) is 90.4 cm³/mol. The average molecular weight is 324 g/mol. The molecule has 0 N–H and O–H groups in total. The van der Waals surface area contributed by atoms with E-state index in [2.05, 4.69) is 11.8 Å².